The molecule has 3 rings (SSSR count). The molecule has 1 saturated carbocycles. The van der Waals surface area contributed by atoms with Crippen LogP contribution in [-0.4, -0.2) is 24.1 Å². The largest absolute Gasteiger partial charge is 0.493 e. The van der Waals surface area contributed by atoms with E-state index >= 15 is 0 Å². The fraction of sp³-hybridized carbons (Fsp3) is 0.444. The molecule has 0 aromatic carbocycles. The molecule has 2 aliphatic carbocycles. The van der Waals surface area contributed by atoms with E-state index in [1.54, 1.807) is 19.3 Å². The molecule has 134 valence electrons. The lowest BCUT2D eigenvalue weighted by molar-refractivity contribution is -0.122. The maximum atomic E-state index is 12.5. The summed E-state index contributed by atoms with van der Waals surface area (Å²) in [5, 5.41) is 0.578. The maximum Gasteiger partial charge on any atom is 0.232 e. The van der Waals surface area contributed by atoms with Crippen LogP contribution in [0.2, 0.25) is 10.0 Å². The van der Waals surface area contributed by atoms with Crippen molar-refractivity contribution in [1.82, 2.24) is 4.98 Å². The zero-order valence-electron chi connectivity index (χ0n) is 13.9. The molecule has 1 amide bonds. The highest BCUT2D eigenvalue weighted by molar-refractivity contribution is 6.36. The predicted molar refractivity (Wildman–Crippen MR) is 96.3 cm³/mol. The molecule has 0 aliphatic heterocycles. The van der Waals surface area contributed by atoms with Gasteiger partial charge < -0.3 is 15.2 Å². The molecule has 1 unspecified atom stereocenters. The Labute approximate surface area is 156 Å². The molecule has 1 aromatic heterocycles. The summed E-state index contributed by atoms with van der Waals surface area (Å²) in [6, 6.07) is 0. The molecule has 0 bridgehead atoms. The van der Waals surface area contributed by atoms with Crippen LogP contribution < -0.4 is 5.73 Å². The van der Waals surface area contributed by atoms with Crippen LogP contribution in [-0.2, 0) is 19.7 Å². The Morgan fingerprint density at radius 3 is 2.48 bits per heavy atom. The van der Waals surface area contributed by atoms with Crippen LogP contribution in [0.4, 0.5) is 0 Å². The van der Waals surface area contributed by atoms with Crippen LogP contribution >= 0.6 is 23.2 Å². The molecular formula is C18H20Cl2N2O3. The molecule has 25 heavy (non-hydrogen) atoms. The Kier molecular flexibility index (Phi) is 5.25. The number of nitrogens with two attached hydrogens (primary N) is 1. The molecule has 1 heterocycles. The van der Waals surface area contributed by atoms with Gasteiger partial charge in [0.2, 0.25) is 5.91 Å². The Morgan fingerprint density at radius 2 is 1.92 bits per heavy atom. The summed E-state index contributed by atoms with van der Waals surface area (Å²) < 4.78 is 11.6. The number of carbonyl (C=O) groups is 1. The second kappa shape index (κ2) is 7.26. The molecule has 7 heteroatoms. The molecule has 0 saturated heterocycles. The third kappa shape index (κ3) is 3.35. The number of amides is 1. The quantitative estimate of drug-likeness (QED) is 0.837. The van der Waals surface area contributed by atoms with Crippen molar-refractivity contribution in [3.8, 4) is 0 Å². The number of primary amides is 1. The smallest absolute Gasteiger partial charge is 0.232 e. The molecule has 2 aliphatic rings. The fourth-order valence-electron chi connectivity index (χ4n) is 3.50. The lowest BCUT2D eigenvalue weighted by atomic mass is 9.74. The van der Waals surface area contributed by atoms with E-state index in [9.17, 15) is 4.79 Å². The number of halogens is 2. The minimum atomic E-state index is -1.20. The number of hydrogen-bond donors (Lipinski definition) is 1. The summed E-state index contributed by atoms with van der Waals surface area (Å²) in [4.78, 5) is 16.4. The normalized spacial score (nSPS) is 23.8. The lowest BCUT2D eigenvalue weighted by Crippen LogP contribution is -2.42. The molecular weight excluding hydrogens is 363 g/mol. The number of aromatic nitrogens is 1. The summed E-state index contributed by atoms with van der Waals surface area (Å²) in [7, 11) is 1.57. The van der Waals surface area contributed by atoms with Gasteiger partial charge in [-0.2, -0.15) is 0 Å². The van der Waals surface area contributed by atoms with Crippen molar-refractivity contribution >= 4 is 29.1 Å². The van der Waals surface area contributed by atoms with Crippen molar-refractivity contribution in [2.45, 2.75) is 43.6 Å². The highest BCUT2D eigenvalue weighted by atomic mass is 35.5. The van der Waals surface area contributed by atoms with Crippen molar-refractivity contribution in [3.63, 3.8) is 0 Å². The molecule has 0 radical (unpaired) electrons. The third-order valence-corrected chi connectivity index (χ3v) is 5.38. The summed E-state index contributed by atoms with van der Waals surface area (Å²) in [5.41, 5.74) is 5.02. The molecule has 1 atom stereocenters. The van der Waals surface area contributed by atoms with Gasteiger partial charge >= 0.3 is 0 Å². The number of ether oxygens (including phenoxy) is 2. The maximum absolute atomic E-state index is 12.5. The van der Waals surface area contributed by atoms with E-state index in [4.69, 9.17) is 38.4 Å². The van der Waals surface area contributed by atoms with Gasteiger partial charge in [-0.05, 0) is 31.8 Å². The third-order valence-electron chi connectivity index (χ3n) is 4.80. The second-order valence-corrected chi connectivity index (χ2v) is 7.15. The SMILES string of the molecule is COC1=C(OC2CCCC2)CC(C(N)=O)(c2c(Cl)cncc2Cl)C=C1. The molecule has 1 fully saturated rings. The number of allylic oxidation sites excluding steroid dienone is 2. The zero-order valence-corrected chi connectivity index (χ0v) is 15.4. The van der Waals surface area contributed by atoms with Crippen LogP contribution in [0.1, 0.15) is 37.7 Å². The van der Waals surface area contributed by atoms with E-state index in [0.29, 0.717) is 17.1 Å². The topological polar surface area (TPSA) is 74.4 Å². The Bertz CT molecular complexity index is 722. The molecule has 1 aromatic rings. The van der Waals surface area contributed by atoms with Gasteiger partial charge in [0.15, 0.2) is 5.76 Å². The van der Waals surface area contributed by atoms with Crippen molar-refractivity contribution in [1.29, 1.82) is 0 Å². The first kappa shape index (κ1) is 18.1. The van der Waals surface area contributed by atoms with Gasteiger partial charge in [0.05, 0.1) is 23.3 Å². The first-order valence-electron chi connectivity index (χ1n) is 8.20. The number of nitrogens with zero attached hydrogens (tertiary/aromatic N) is 1. The van der Waals surface area contributed by atoms with Gasteiger partial charge in [-0.1, -0.05) is 29.3 Å². The van der Waals surface area contributed by atoms with Crippen LogP contribution in [0, 0.1) is 0 Å². The van der Waals surface area contributed by atoms with Crippen molar-refractivity contribution in [2.75, 3.05) is 7.11 Å². The van der Waals surface area contributed by atoms with Crippen molar-refractivity contribution < 1.29 is 14.3 Å². The van der Waals surface area contributed by atoms with E-state index < -0.39 is 11.3 Å². The summed E-state index contributed by atoms with van der Waals surface area (Å²) >= 11 is 12.6. The monoisotopic (exact) mass is 382 g/mol. The van der Waals surface area contributed by atoms with Crippen molar-refractivity contribution in [2.24, 2.45) is 5.73 Å². The van der Waals surface area contributed by atoms with Crippen LogP contribution in [0.5, 0.6) is 0 Å². The fourth-order valence-corrected chi connectivity index (χ4v) is 4.20. The van der Waals surface area contributed by atoms with Gasteiger partial charge in [0.1, 0.15) is 11.2 Å². The first-order valence-corrected chi connectivity index (χ1v) is 8.96. The average molecular weight is 383 g/mol. The van der Waals surface area contributed by atoms with Crippen LogP contribution in [0.25, 0.3) is 0 Å². The van der Waals surface area contributed by atoms with Gasteiger partial charge in [-0.3, -0.25) is 9.78 Å². The van der Waals surface area contributed by atoms with E-state index in [1.165, 1.54) is 12.4 Å². The Balaban J connectivity index is 2.03. The average Bonchev–Trinajstić information content (AvgIpc) is 3.08. The molecule has 2 N–H and O–H groups in total. The Hall–Kier alpha value is -1.72. The van der Waals surface area contributed by atoms with E-state index in [2.05, 4.69) is 4.98 Å². The van der Waals surface area contributed by atoms with E-state index in [0.717, 1.165) is 25.7 Å². The van der Waals surface area contributed by atoms with Gasteiger partial charge in [-0.15, -0.1) is 0 Å². The molecule has 5 nitrogen and oxygen atoms in total. The standard InChI is InChI=1S/C18H20Cl2N2O3/c1-24-14-6-7-18(17(21)23,16-12(19)9-22-10-13(16)20)8-15(14)25-11-4-2-3-5-11/h6-7,9-11H,2-5,8H2,1H3,(H2,21,23). The summed E-state index contributed by atoms with van der Waals surface area (Å²) in [6.07, 6.45) is 10.9. The minimum Gasteiger partial charge on any atom is -0.493 e. The first-order chi connectivity index (χ1) is 12.0. The highest BCUT2D eigenvalue weighted by Gasteiger charge is 2.44. The minimum absolute atomic E-state index is 0.126. The number of pyridine rings is 1. The summed E-state index contributed by atoms with van der Waals surface area (Å²) in [5.74, 6) is 0.631. The van der Waals surface area contributed by atoms with Gasteiger partial charge in [-0.25, -0.2) is 0 Å². The Morgan fingerprint density at radius 1 is 1.28 bits per heavy atom. The number of rotatable bonds is 5. The van der Waals surface area contributed by atoms with Gasteiger partial charge in [0, 0.05) is 24.4 Å². The summed E-state index contributed by atoms with van der Waals surface area (Å²) in [6.45, 7) is 0. The van der Waals surface area contributed by atoms with Crippen molar-refractivity contribution in [3.05, 3.63) is 51.7 Å². The van der Waals surface area contributed by atoms with Crippen LogP contribution in [0.3, 0.4) is 0 Å². The molecule has 0 spiro atoms. The van der Waals surface area contributed by atoms with Crippen LogP contribution in [0.15, 0.2) is 36.1 Å². The van der Waals surface area contributed by atoms with Gasteiger partial charge in [0.25, 0.3) is 0 Å². The van der Waals surface area contributed by atoms with E-state index in [-0.39, 0.29) is 22.6 Å². The predicted octanol–water partition coefficient (Wildman–Crippen LogP) is 3.89. The number of carbonyl (C=O) groups excluding carboxylic acids is 1. The van der Waals surface area contributed by atoms with E-state index in [1.807, 2.05) is 0 Å². The lowest BCUT2D eigenvalue weighted by Gasteiger charge is -2.34. The number of hydrogen-bond acceptors (Lipinski definition) is 4. The number of methoxy groups -OCH3 is 1. The highest BCUT2D eigenvalue weighted by Crippen LogP contribution is 2.44. The second-order valence-electron chi connectivity index (χ2n) is 6.34. The zero-order chi connectivity index (χ0) is 18.0.